The van der Waals surface area contributed by atoms with E-state index in [0.29, 0.717) is 17.4 Å². The van der Waals surface area contributed by atoms with E-state index in [1.807, 2.05) is 60.7 Å². The number of rotatable bonds is 11. The summed E-state index contributed by atoms with van der Waals surface area (Å²) in [5.41, 5.74) is 3.27. The lowest BCUT2D eigenvalue weighted by atomic mass is 9.89. The van der Waals surface area contributed by atoms with Gasteiger partial charge in [-0.2, -0.15) is 4.31 Å². The number of carbonyl (C=O) groups is 1. The number of para-hydroxylation sites is 1. The first kappa shape index (κ1) is 31.1. The van der Waals surface area contributed by atoms with E-state index in [2.05, 4.69) is 20.3 Å². The lowest BCUT2D eigenvalue weighted by molar-refractivity contribution is -0.120. The third kappa shape index (κ3) is 7.82. The SMILES string of the molecule is O=C(Nc1ncc(-c2ccc(CN(Cc3cccnc3)S(=O)(=O)c3ccc(Oc4ccccc4)cc3)cc2)cn1)C1CCCCC1. The lowest BCUT2D eigenvalue weighted by Gasteiger charge is -2.23. The molecule has 1 aliphatic rings. The molecule has 0 spiro atoms. The zero-order valence-corrected chi connectivity index (χ0v) is 26.1. The second-order valence-corrected chi connectivity index (χ2v) is 13.3. The summed E-state index contributed by atoms with van der Waals surface area (Å²) in [6.45, 7) is 0.310. The Morgan fingerprint density at radius 3 is 2.09 bits per heavy atom. The van der Waals surface area contributed by atoms with Crippen LogP contribution in [0, 0.1) is 5.92 Å². The normalized spacial score (nSPS) is 13.8. The summed E-state index contributed by atoms with van der Waals surface area (Å²) in [4.78, 5) is 25.6. The van der Waals surface area contributed by atoms with Crippen LogP contribution in [-0.4, -0.2) is 33.6 Å². The Bertz CT molecular complexity index is 1830. The molecule has 0 bridgehead atoms. The van der Waals surface area contributed by atoms with Gasteiger partial charge in [0.25, 0.3) is 0 Å². The molecule has 2 heterocycles. The summed E-state index contributed by atoms with van der Waals surface area (Å²) in [5, 5.41) is 2.85. The molecular weight excluding hydrogens is 598 g/mol. The minimum absolute atomic E-state index is 0.0148. The van der Waals surface area contributed by atoms with Crippen LogP contribution in [0.4, 0.5) is 5.95 Å². The zero-order valence-electron chi connectivity index (χ0n) is 25.3. The van der Waals surface area contributed by atoms with Crippen molar-refractivity contribution in [1.82, 2.24) is 19.3 Å². The Morgan fingerprint density at radius 2 is 1.41 bits per heavy atom. The number of carbonyl (C=O) groups excluding carboxylic acids is 1. The number of ether oxygens (including phenoxy) is 1. The molecule has 3 aromatic carbocycles. The quantitative estimate of drug-likeness (QED) is 0.163. The second-order valence-electron chi connectivity index (χ2n) is 11.3. The van der Waals surface area contributed by atoms with E-state index < -0.39 is 10.0 Å². The van der Waals surface area contributed by atoms with Gasteiger partial charge in [-0.15, -0.1) is 0 Å². The van der Waals surface area contributed by atoms with Gasteiger partial charge in [0.2, 0.25) is 21.9 Å². The number of aromatic nitrogens is 3. The third-order valence-corrected chi connectivity index (χ3v) is 9.84. The summed E-state index contributed by atoms with van der Waals surface area (Å²) in [6, 6.07) is 27.1. The maximum Gasteiger partial charge on any atom is 0.243 e. The van der Waals surface area contributed by atoms with E-state index >= 15 is 0 Å². The van der Waals surface area contributed by atoms with Gasteiger partial charge in [0.05, 0.1) is 4.90 Å². The molecule has 2 aromatic heterocycles. The largest absolute Gasteiger partial charge is 0.457 e. The van der Waals surface area contributed by atoms with Crippen LogP contribution in [-0.2, 0) is 27.9 Å². The number of nitrogens with one attached hydrogen (secondary N) is 1. The fourth-order valence-electron chi connectivity index (χ4n) is 5.50. The molecule has 0 aliphatic heterocycles. The molecule has 0 atom stereocenters. The highest BCUT2D eigenvalue weighted by atomic mass is 32.2. The van der Waals surface area contributed by atoms with Crippen molar-refractivity contribution in [3.8, 4) is 22.6 Å². The number of sulfonamides is 1. The van der Waals surface area contributed by atoms with Gasteiger partial charge in [-0.1, -0.05) is 67.8 Å². The van der Waals surface area contributed by atoms with Gasteiger partial charge < -0.3 is 4.74 Å². The first-order chi connectivity index (χ1) is 22.4. The molecule has 5 aromatic rings. The molecular formula is C36H35N5O4S. The standard InChI is InChI=1S/C36H35N5O4S/c42-35(30-9-3-1-4-10-30)40-36-38-23-31(24-39-36)29-15-13-27(14-16-29)25-41(26-28-8-7-21-37-22-28)46(43,44)34-19-17-33(18-20-34)45-32-11-5-2-6-12-32/h2,5-8,11-24,30H,1,3-4,9-10,25-26H2,(H,38,39,40,42). The minimum Gasteiger partial charge on any atom is -0.457 e. The van der Waals surface area contributed by atoms with Gasteiger partial charge in [0.1, 0.15) is 11.5 Å². The van der Waals surface area contributed by atoms with Gasteiger partial charge in [-0.25, -0.2) is 18.4 Å². The van der Waals surface area contributed by atoms with Crippen molar-refractivity contribution in [2.24, 2.45) is 5.92 Å². The maximum atomic E-state index is 13.9. The Kier molecular flexibility index (Phi) is 9.76. The summed E-state index contributed by atoms with van der Waals surface area (Å²) in [7, 11) is -3.88. The number of hydrogen-bond donors (Lipinski definition) is 1. The Morgan fingerprint density at radius 1 is 0.739 bits per heavy atom. The molecule has 0 unspecified atom stereocenters. The molecule has 6 rings (SSSR count). The van der Waals surface area contributed by atoms with Crippen molar-refractivity contribution in [2.45, 2.75) is 50.1 Å². The number of anilines is 1. The van der Waals surface area contributed by atoms with Crippen LogP contribution in [0.15, 0.2) is 121 Å². The highest BCUT2D eigenvalue weighted by Gasteiger charge is 2.26. The minimum atomic E-state index is -3.88. The van der Waals surface area contributed by atoms with Crippen molar-refractivity contribution >= 4 is 21.9 Å². The molecule has 0 radical (unpaired) electrons. The van der Waals surface area contributed by atoms with E-state index in [1.54, 1.807) is 55.1 Å². The molecule has 1 amide bonds. The second kappa shape index (κ2) is 14.4. The average molecular weight is 634 g/mol. The predicted octanol–water partition coefficient (Wildman–Crippen LogP) is 7.24. The number of amides is 1. The number of nitrogens with zero attached hydrogens (tertiary/aromatic N) is 4. The van der Waals surface area contributed by atoms with Crippen LogP contribution >= 0.6 is 0 Å². The Balaban J connectivity index is 1.16. The van der Waals surface area contributed by atoms with E-state index in [4.69, 9.17) is 4.74 Å². The molecule has 46 heavy (non-hydrogen) atoms. The molecule has 0 saturated heterocycles. The van der Waals surface area contributed by atoms with Crippen LogP contribution < -0.4 is 10.1 Å². The number of hydrogen-bond acceptors (Lipinski definition) is 7. The molecule has 1 aliphatic carbocycles. The van der Waals surface area contributed by atoms with Crippen LogP contribution in [0.5, 0.6) is 11.5 Å². The molecule has 9 nitrogen and oxygen atoms in total. The van der Waals surface area contributed by atoms with Crippen molar-refractivity contribution in [2.75, 3.05) is 5.32 Å². The summed E-state index contributed by atoms with van der Waals surface area (Å²) in [6.07, 6.45) is 11.9. The summed E-state index contributed by atoms with van der Waals surface area (Å²) < 4.78 is 35.1. The third-order valence-electron chi connectivity index (χ3n) is 8.03. The van der Waals surface area contributed by atoms with Crippen molar-refractivity contribution in [3.63, 3.8) is 0 Å². The summed E-state index contributed by atoms with van der Waals surface area (Å²) in [5.74, 6) is 1.52. The van der Waals surface area contributed by atoms with E-state index in [-0.39, 0.29) is 29.8 Å². The highest BCUT2D eigenvalue weighted by molar-refractivity contribution is 7.89. The fraction of sp³-hybridized carbons (Fsp3) is 0.222. The topological polar surface area (TPSA) is 114 Å². The van der Waals surface area contributed by atoms with Crippen LogP contribution in [0.3, 0.4) is 0 Å². The van der Waals surface area contributed by atoms with Crippen molar-refractivity contribution in [1.29, 1.82) is 0 Å². The van der Waals surface area contributed by atoms with Gasteiger partial charge in [0.15, 0.2) is 0 Å². The van der Waals surface area contributed by atoms with Gasteiger partial charge >= 0.3 is 0 Å². The average Bonchev–Trinajstić information content (AvgIpc) is 3.10. The van der Waals surface area contributed by atoms with E-state index in [1.165, 1.54) is 10.7 Å². The Hall–Kier alpha value is -4.93. The molecule has 1 fully saturated rings. The van der Waals surface area contributed by atoms with Crippen LogP contribution in [0.2, 0.25) is 0 Å². The number of benzene rings is 3. The fourth-order valence-corrected chi connectivity index (χ4v) is 6.92. The number of pyridine rings is 1. The van der Waals surface area contributed by atoms with Gasteiger partial charge in [-0.3, -0.25) is 15.1 Å². The first-order valence-electron chi connectivity index (χ1n) is 15.4. The monoisotopic (exact) mass is 633 g/mol. The zero-order chi connectivity index (χ0) is 31.8. The molecule has 1 saturated carbocycles. The lowest BCUT2D eigenvalue weighted by Crippen LogP contribution is -2.30. The van der Waals surface area contributed by atoms with Gasteiger partial charge in [0, 0.05) is 49.4 Å². The van der Waals surface area contributed by atoms with Crippen molar-refractivity contribution < 1.29 is 17.9 Å². The molecule has 234 valence electrons. The molecule has 1 N–H and O–H groups in total. The Labute approximate surface area is 269 Å². The predicted molar refractivity (Wildman–Crippen MR) is 176 cm³/mol. The highest BCUT2D eigenvalue weighted by Crippen LogP contribution is 2.28. The molecule has 10 heteroatoms. The van der Waals surface area contributed by atoms with Gasteiger partial charge in [-0.05, 0) is 72.0 Å². The smallest absolute Gasteiger partial charge is 0.243 e. The summed E-state index contributed by atoms with van der Waals surface area (Å²) >= 11 is 0. The van der Waals surface area contributed by atoms with Crippen LogP contribution in [0.25, 0.3) is 11.1 Å². The van der Waals surface area contributed by atoms with Crippen LogP contribution in [0.1, 0.15) is 43.2 Å². The van der Waals surface area contributed by atoms with E-state index in [9.17, 15) is 13.2 Å². The first-order valence-corrected chi connectivity index (χ1v) is 16.8. The van der Waals surface area contributed by atoms with E-state index in [0.717, 1.165) is 47.9 Å². The van der Waals surface area contributed by atoms with Crippen molar-refractivity contribution in [3.05, 3.63) is 127 Å². The maximum absolute atomic E-state index is 13.9.